The Morgan fingerprint density at radius 3 is 3.00 bits per heavy atom. The topological polar surface area (TPSA) is 58.4 Å². The van der Waals surface area contributed by atoms with Gasteiger partial charge >= 0.3 is 0 Å². The number of nitro benzene ring substituents is 1. The van der Waals surface area contributed by atoms with Crippen molar-refractivity contribution >= 4 is 5.69 Å². The van der Waals surface area contributed by atoms with Gasteiger partial charge in [0.15, 0.2) is 0 Å². The molecule has 1 fully saturated rings. The van der Waals surface area contributed by atoms with Gasteiger partial charge in [-0.05, 0) is 50.5 Å². The molecule has 0 radical (unpaired) electrons. The molecule has 20 heavy (non-hydrogen) atoms. The Balaban J connectivity index is 2.03. The van der Waals surface area contributed by atoms with Crippen LogP contribution in [-0.2, 0) is 6.54 Å². The van der Waals surface area contributed by atoms with Gasteiger partial charge in [0.2, 0.25) is 0 Å². The van der Waals surface area contributed by atoms with Crippen LogP contribution in [0.2, 0.25) is 0 Å². The van der Waals surface area contributed by atoms with Crippen LogP contribution < -0.4 is 5.32 Å². The van der Waals surface area contributed by atoms with Gasteiger partial charge in [0.05, 0.1) is 11.0 Å². The molecule has 0 aromatic heterocycles. The number of benzene rings is 1. The Kier molecular flexibility index (Phi) is 5.03. The van der Waals surface area contributed by atoms with Crippen LogP contribution in [0.3, 0.4) is 0 Å². The average molecular weight is 281 g/mol. The monoisotopic (exact) mass is 281 g/mol. The molecule has 1 aliphatic heterocycles. The van der Waals surface area contributed by atoms with Crippen LogP contribution in [0.5, 0.6) is 0 Å². The highest BCUT2D eigenvalue weighted by atomic mass is 19.1. The summed E-state index contributed by atoms with van der Waals surface area (Å²) >= 11 is 0. The number of hydrogen-bond acceptors (Lipinski definition) is 4. The first kappa shape index (κ1) is 14.9. The fourth-order valence-electron chi connectivity index (χ4n) is 2.84. The van der Waals surface area contributed by atoms with Gasteiger partial charge in [0, 0.05) is 19.2 Å². The number of nitro groups is 1. The molecule has 0 spiro atoms. The molecule has 1 atom stereocenters. The molecule has 1 unspecified atom stereocenters. The van der Waals surface area contributed by atoms with Crippen LogP contribution in [0.4, 0.5) is 10.1 Å². The lowest BCUT2D eigenvalue weighted by atomic mass is 9.97. The second-order valence-electron chi connectivity index (χ2n) is 5.38. The van der Waals surface area contributed by atoms with Gasteiger partial charge in [-0.15, -0.1) is 0 Å². The Labute approximate surface area is 117 Å². The standard InChI is InChI=1S/C14H20FN3O2/c1-16-8-11-3-2-4-17(9-11)10-12-5-13(15)7-14(6-12)18(19)20/h5-7,11,16H,2-4,8-10H2,1H3. The maximum atomic E-state index is 13.4. The zero-order valence-electron chi connectivity index (χ0n) is 11.6. The molecule has 110 valence electrons. The summed E-state index contributed by atoms with van der Waals surface area (Å²) in [7, 11) is 1.94. The van der Waals surface area contributed by atoms with E-state index in [0.29, 0.717) is 18.0 Å². The van der Waals surface area contributed by atoms with Crippen molar-refractivity contribution in [2.24, 2.45) is 5.92 Å². The molecule has 6 heteroatoms. The van der Waals surface area contributed by atoms with Gasteiger partial charge in [-0.25, -0.2) is 4.39 Å². The number of hydrogen-bond donors (Lipinski definition) is 1. The van der Waals surface area contributed by atoms with Crippen LogP contribution in [0.1, 0.15) is 18.4 Å². The number of non-ortho nitro benzene ring substituents is 1. The summed E-state index contributed by atoms with van der Waals surface area (Å²) in [6.45, 7) is 3.45. The predicted molar refractivity (Wildman–Crippen MR) is 75.0 cm³/mol. The summed E-state index contributed by atoms with van der Waals surface area (Å²) in [6.07, 6.45) is 2.31. The Hall–Kier alpha value is -1.53. The largest absolute Gasteiger partial charge is 0.319 e. The lowest BCUT2D eigenvalue weighted by Gasteiger charge is -2.32. The predicted octanol–water partition coefficient (Wildman–Crippen LogP) is 2.17. The van der Waals surface area contributed by atoms with E-state index in [1.165, 1.54) is 18.6 Å². The number of halogens is 1. The second kappa shape index (κ2) is 6.76. The average Bonchev–Trinajstić information content (AvgIpc) is 2.38. The van der Waals surface area contributed by atoms with Gasteiger partial charge in [-0.1, -0.05) is 0 Å². The third-order valence-electron chi connectivity index (χ3n) is 3.66. The fourth-order valence-corrected chi connectivity index (χ4v) is 2.84. The van der Waals surface area contributed by atoms with E-state index in [9.17, 15) is 14.5 Å². The van der Waals surface area contributed by atoms with Crippen molar-refractivity contribution in [3.63, 3.8) is 0 Å². The van der Waals surface area contributed by atoms with E-state index in [1.807, 2.05) is 7.05 Å². The molecule has 5 nitrogen and oxygen atoms in total. The minimum absolute atomic E-state index is 0.177. The van der Waals surface area contributed by atoms with E-state index in [0.717, 1.165) is 32.1 Å². The highest BCUT2D eigenvalue weighted by molar-refractivity contribution is 5.35. The van der Waals surface area contributed by atoms with E-state index >= 15 is 0 Å². The lowest BCUT2D eigenvalue weighted by molar-refractivity contribution is -0.385. The van der Waals surface area contributed by atoms with Gasteiger partial charge in [-0.3, -0.25) is 15.0 Å². The van der Waals surface area contributed by atoms with Crippen molar-refractivity contribution in [3.05, 3.63) is 39.7 Å². The van der Waals surface area contributed by atoms with Crippen molar-refractivity contribution in [2.75, 3.05) is 26.7 Å². The quantitative estimate of drug-likeness (QED) is 0.664. The van der Waals surface area contributed by atoms with Crippen molar-refractivity contribution in [1.29, 1.82) is 0 Å². The molecule has 0 amide bonds. The van der Waals surface area contributed by atoms with E-state index in [-0.39, 0.29) is 5.69 Å². The number of nitrogens with one attached hydrogen (secondary N) is 1. The van der Waals surface area contributed by atoms with Gasteiger partial charge in [0.25, 0.3) is 5.69 Å². The molecule has 1 aliphatic rings. The first-order valence-electron chi connectivity index (χ1n) is 6.89. The summed E-state index contributed by atoms with van der Waals surface area (Å²) in [5.41, 5.74) is 0.491. The molecule has 0 saturated carbocycles. The summed E-state index contributed by atoms with van der Waals surface area (Å²) in [6, 6.07) is 3.81. The first-order valence-corrected chi connectivity index (χ1v) is 6.89. The Morgan fingerprint density at radius 1 is 1.50 bits per heavy atom. The van der Waals surface area contributed by atoms with Crippen LogP contribution >= 0.6 is 0 Å². The molecular weight excluding hydrogens is 261 g/mol. The molecule has 1 heterocycles. The highest BCUT2D eigenvalue weighted by Gasteiger charge is 2.20. The zero-order chi connectivity index (χ0) is 14.5. The molecule has 0 aliphatic carbocycles. The first-order chi connectivity index (χ1) is 9.58. The van der Waals surface area contributed by atoms with Gasteiger partial charge < -0.3 is 5.32 Å². The van der Waals surface area contributed by atoms with Crippen LogP contribution in [0, 0.1) is 21.8 Å². The molecule has 2 rings (SSSR count). The summed E-state index contributed by atoms with van der Waals surface area (Å²) in [4.78, 5) is 12.4. The normalized spacial score (nSPS) is 20.0. The number of rotatable bonds is 5. The van der Waals surface area contributed by atoms with Crippen molar-refractivity contribution < 1.29 is 9.31 Å². The molecule has 1 aromatic carbocycles. The van der Waals surface area contributed by atoms with E-state index in [1.54, 1.807) is 0 Å². The second-order valence-corrected chi connectivity index (χ2v) is 5.38. The number of likely N-dealkylation sites (tertiary alicyclic amines) is 1. The molecule has 1 aromatic rings. The molecule has 1 saturated heterocycles. The maximum Gasteiger partial charge on any atom is 0.272 e. The van der Waals surface area contributed by atoms with Crippen molar-refractivity contribution in [1.82, 2.24) is 10.2 Å². The molecule has 1 N–H and O–H groups in total. The summed E-state index contributed by atoms with van der Waals surface area (Å²) in [5.74, 6) is 0.0512. The van der Waals surface area contributed by atoms with Gasteiger partial charge in [0.1, 0.15) is 5.82 Å². The molecule has 0 bridgehead atoms. The van der Waals surface area contributed by atoms with Crippen molar-refractivity contribution in [2.45, 2.75) is 19.4 Å². The third-order valence-corrected chi connectivity index (χ3v) is 3.66. The highest BCUT2D eigenvalue weighted by Crippen LogP contribution is 2.21. The van der Waals surface area contributed by atoms with E-state index in [4.69, 9.17) is 0 Å². The van der Waals surface area contributed by atoms with Crippen LogP contribution in [-0.4, -0.2) is 36.5 Å². The van der Waals surface area contributed by atoms with Gasteiger partial charge in [-0.2, -0.15) is 0 Å². The smallest absolute Gasteiger partial charge is 0.272 e. The van der Waals surface area contributed by atoms with Crippen molar-refractivity contribution in [3.8, 4) is 0 Å². The summed E-state index contributed by atoms with van der Waals surface area (Å²) < 4.78 is 13.4. The third kappa shape index (κ3) is 3.98. The SMILES string of the molecule is CNCC1CCCN(Cc2cc(F)cc([N+](=O)[O-])c2)C1. The van der Waals surface area contributed by atoms with E-state index in [2.05, 4.69) is 10.2 Å². The minimum atomic E-state index is -0.549. The Bertz CT molecular complexity index is 479. The number of nitrogens with zero attached hydrogens (tertiary/aromatic N) is 2. The number of piperidine rings is 1. The lowest BCUT2D eigenvalue weighted by Crippen LogP contribution is -2.38. The van der Waals surface area contributed by atoms with Crippen LogP contribution in [0.15, 0.2) is 18.2 Å². The minimum Gasteiger partial charge on any atom is -0.319 e. The van der Waals surface area contributed by atoms with Crippen LogP contribution in [0.25, 0.3) is 0 Å². The van der Waals surface area contributed by atoms with E-state index < -0.39 is 10.7 Å². The molecular formula is C14H20FN3O2. The maximum absolute atomic E-state index is 13.4. The zero-order valence-corrected chi connectivity index (χ0v) is 11.6. The fraction of sp³-hybridized carbons (Fsp3) is 0.571. The summed E-state index contributed by atoms with van der Waals surface area (Å²) in [5, 5.41) is 13.9. The Morgan fingerprint density at radius 2 is 2.30 bits per heavy atom.